The molecule has 4 atom stereocenters. The van der Waals surface area contributed by atoms with E-state index in [9.17, 15) is 29.4 Å². The van der Waals surface area contributed by atoms with Gasteiger partial charge in [0.15, 0.2) is 0 Å². The van der Waals surface area contributed by atoms with Crippen LogP contribution in [0, 0.1) is 22.7 Å². The Morgan fingerprint density at radius 1 is 1.13 bits per heavy atom. The Kier molecular flexibility index (Phi) is 4.59. The van der Waals surface area contributed by atoms with E-state index in [1.165, 1.54) is 12.2 Å². The molecule has 2 aliphatic carbocycles. The van der Waals surface area contributed by atoms with Crippen LogP contribution in [-0.2, 0) is 19.2 Å². The van der Waals surface area contributed by atoms with Gasteiger partial charge in [-0.05, 0) is 25.2 Å². The minimum absolute atomic E-state index is 0.0201. The number of isocyanates is 2. The number of aliphatic imine (C=N–C) groups is 2. The number of rotatable bonds is 8. The highest BCUT2D eigenvalue weighted by Crippen LogP contribution is 2.66. The van der Waals surface area contributed by atoms with Gasteiger partial charge in [-0.25, -0.2) is 19.6 Å². The first-order valence-electron chi connectivity index (χ1n) is 7.14. The van der Waals surface area contributed by atoms with E-state index in [2.05, 4.69) is 9.98 Å². The van der Waals surface area contributed by atoms with E-state index in [-0.39, 0.29) is 25.9 Å². The summed E-state index contributed by atoms with van der Waals surface area (Å²) in [5, 5.41) is 23.6. The average molecular weight is 318 g/mol. The summed E-state index contributed by atoms with van der Waals surface area (Å²) in [6, 6.07) is 0. The number of hydrogen-bond acceptors (Lipinski definition) is 8. The lowest BCUT2D eigenvalue weighted by atomic mass is 9.57. The van der Waals surface area contributed by atoms with Gasteiger partial charge < -0.3 is 19.8 Å². The van der Waals surface area contributed by atoms with Gasteiger partial charge in [0.05, 0.1) is 13.1 Å². The second-order valence-electron chi connectivity index (χ2n) is 5.88. The highest BCUT2D eigenvalue weighted by molar-refractivity contribution is 5.85. The van der Waals surface area contributed by atoms with Crippen LogP contribution in [0.15, 0.2) is 22.1 Å². The molecule has 122 valence electrons. The van der Waals surface area contributed by atoms with Gasteiger partial charge in [-0.3, -0.25) is 0 Å². The van der Waals surface area contributed by atoms with E-state index < -0.39 is 34.6 Å². The van der Waals surface area contributed by atoms with Gasteiger partial charge in [0.2, 0.25) is 12.2 Å². The van der Waals surface area contributed by atoms with Gasteiger partial charge >= 0.3 is 0 Å². The van der Waals surface area contributed by atoms with Crippen molar-refractivity contribution in [3.05, 3.63) is 12.2 Å². The van der Waals surface area contributed by atoms with Crippen molar-refractivity contribution >= 4 is 24.1 Å². The van der Waals surface area contributed by atoms with Crippen LogP contribution in [0.4, 0.5) is 0 Å². The lowest BCUT2D eigenvalue weighted by Crippen LogP contribution is -2.59. The van der Waals surface area contributed by atoms with E-state index in [4.69, 9.17) is 0 Å². The molecule has 8 heteroatoms. The Morgan fingerprint density at radius 2 is 1.74 bits per heavy atom. The molecule has 1 fully saturated rings. The summed E-state index contributed by atoms with van der Waals surface area (Å²) in [4.78, 5) is 50.9. The fraction of sp³-hybridized carbons (Fsp3) is 0.600. The Balaban J connectivity index is 2.50. The minimum atomic E-state index is -1.76. The lowest BCUT2D eigenvalue weighted by molar-refractivity contribution is -0.339. The number of carbonyl (C=O) groups excluding carboxylic acids is 4. The summed E-state index contributed by atoms with van der Waals surface area (Å²) in [5.74, 6) is -4.77. The van der Waals surface area contributed by atoms with Crippen molar-refractivity contribution in [2.45, 2.75) is 19.3 Å². The maximum atomic E-state index is 12.0. The molecule has 0 aliphatic heterocycles. The van der Waals surface area contributed by atoms with Crippen LogP contribution >= 0.6 is 0 Å². The van der Waals surface area contributed by atoms with Crippen LogP contribution in [-0.4, -0.2) is 37.2 Å². The molecule has 2 rings (SSSR count). The number of nitrogens with zero attached hydrogens (tertiary/aromatic N) is 2. The van der Waals surface area contributed by atoms with Gasteiger partial charge in [-0.2, -0.15) is 0 Å². The van der Waals surface area contributed by atoms with Crippen LogP contribution in [0.2, 0.25) is 0 Å². The van der Waals surface area contributed by atoms with Crippen molar-refractivity contribution in [3.8, 4) is 0 Å². The van der Waals surface area contributed by atoms with Crippen molar-refractivity contribution in [3.63, 3.8) is 0 Å². The fourth-order valence-electron chi connectivity index (χ4n) is 4.30. The van der Waals surface area contributed by atoms with Crippen molar-refractivity contribution < 1.29 is 29.4 Å². The highest BCUT2D eigenvalue weighted by atomic mass is 16.4. The van der Waals surface area contributed by atoms with Gasteiger partial charge in [-0.15, -0.1) is 0 Å². The van der Waals surface area contributed by atoms with E-state index in [0.29, 0.717) is 6.42 Å². The maximum absolute atomic E-state index is 12.0. The molecule has 8 nitrogen and oxygen atoms in total. The molecular formula is C15H14N2O6-2. The molecule has 23 heavy (non-hydrogen) atoms. The monoisotopic (exact) mass is 318 g/mol. The number of hydrogen-bond donors (Lipinski definition) is 0. The smallest absolute Gasteiger partial charge is 0.234 e. The van der Waals surface area contributed by atoms with Gasteiger partial charge in [-0.1, -0.05) is 12.2 Å². The number of carboxylic acids is 2. The second-order valence-corrected chi connectivity index (χ2v) is 5.88. The summed E-state index contributed by atoms with van der Waals surface area (Å²) in [7, 11) is 0. The number of fused-ring (bicyclic) bond motifs is 2. The zero-order chi connectivity index (χ0) is 17.1. The first kappa shape index (κ1) is 16.8. The molecular weight excluding hydrogens is 304 g/mol. The molecule has 0 heterocycles. The topological polar surface area (TPSA) is 139 Å². The molecule has 4 unspecified atom stereocenters. The molecule has 0 N–H and O–H groups in total. The molecule has 0 aromatic heterocycles. The third-order valence-corrected chi connectivity index (χ3v) is 5.14. The van der Waals surface area contributed by atoms with Crippen molar-refractivity contribution in [2.24, 2.45) is 32.7 Å². The Morgan fingerprint density at radius 3 is 2.26 bits per heavy atom. The van der Waals surface area contributed by atoms with Crippen LogP contribution in [0.25, 0.3) is 0 Å². The lowest BCUT2D eigenvalue weighted by Gasteiger charge is -2.50. The van der Waals surface area contributed by atoms with Gasteiger partial charge in [0.1, 0.15) is 0 Å². The number of carbonyl (C=O) groups is 2. The average Bonchev–Trinajstić information content (AvgIpc) is 3.02. The molecule has 0 saturated heterocycles. The summed E-state index contributed by atoms with van der Waals surface area (Å²) >= 11 is 0. The summed E-state index contributed by atoms with van der Waals surface area (Å²) in [5.41, 5.74) is -2.79. The summed E-state index contributed by atoms with van der Waals surface area (Å²) < 4.78 is 0. The molecule has 0 radical (unpaired) electrons. The van der Waals surface area contributed by atoms with Crippen LogP contribution < -0.4 is 10.2 Å². The molecule has 2 aliphatic rings. The largest absolute Gasteiger partial charge is 0.550 e. The van der Waals surface area contributed by atoms with E-state index in [0.717, 1.165) is 0 Å². The number of aliphatic carboxylic acids is 2. The zero-order valence-corrected chi connectivity index (χ0v) is 12.2. The quantitative estimate of drug-likeness (QED) is 0.291. The third kappa shape index (κ3) is 2.42. The fourth-order valence-corrected chi connectivity index (χ4v) is 4.30. The Labute approximate surface area is 131 Å². The van der Waals surface area contributed by atoms with Gasteiger partial charge in [0, 0.05) is 28.7 Å². The van der Waals surface area contributed by atoms with Gasteiger partial charge in [0.25, 0.3) is 0 Å². The van der Waals surface area contributed by atoms with Crippen LogP contribution in [0.3, 0.4) is 0 Å². The third-order valence-electron chi connectivity index (χ3n) is 5.14. The van der Waals surface area contributed by atoms with Crippen LogP contribution in [0.1, 0.15) is 19.3 Å². The SMILES string of the molecule is O=C=NCCC12C=CC(C1)C(C(=O)[O-])C2(CCN=C=O)C(=O)[O-]. The Bertz CT molecular complexity index is 646. The molecule has 0 amide bonds. The molecule has 0 spiro atoms. The predicted molar refractivity (Wildman–Crippen MR) is 70.8 cm³/mol. The molecule has 0 aromatic rings. The molecule has 2 bridgehead atoms. The zero-order valence-electron chi connectivity index (χ0n) is 12.2. The normalized spacial score (nSPS) is 33.7. The minimum Gasteiger partial charge on any atom is -0.550 e. The van der Waals surface area contributed by atoms with E-state index in [1.807, 2.05) is 0 Å². The number of allylic oxidation sites excluding steroid dienone is 2. The molecule has 0 aromatic carbocycles. The van der Waals surface area contributed by atoms with Crippen molar-refractivity contribution in [1.29, 1.82) is 0 Å². The molecule has 1 saturated carbocycles. The van der Waals surface area contributed by atoms with E-state index in [1.54, 1.807) is 12.2 Å². The first-order valence-corrected chi connectivity index (χ1v) is 7.14. The Hall–Kier alpha value is -2.56. The summed E-state index contributed by atoms with van der Waals surface area (Å²) in [6.45, 7) is -0.160. The highest BCUT2D eigenvalue weighted by Gasteiger charge is 2.65. The van der Waals surface area contributed by atoms with Crippen molar-refractivity contribution in [1.82, 2.24) is 0 Å². The predicted octanol–water partition coefficient (Wildman–Crippen LogP) is -1.88. The standard InChI is InChI=1S/C15H16N2O6/c18-8-16-5-3-14-2-1-10(7-14)11(12(20)21)15(14,13(22)23)4-6-17-9-19/h1-2,10-11H,3-7H2,(H,20,21)(H,22,23)/p-2. The van der Waals surface area contributed by atoms with Crippen LogP contribution in [0.5, 0.6) is 0 Å². The second kappa shape index (κ2) is 6.28. The van der Waals surface area contributed by atoms with Crippen molar-refractivity contribution in [2.75, 3.05) is 13.1 Å². The first-order chi connectivity index (χ1) is 10.9. The van der Waals surface area contributed by atoms with E-state index >= 15 is 0 Å². The summed E-state index contributed by atoms with van der Waals surface area (Å²) in [6.07, 6.45) is 6.29. The number of carboxylic acid groups (broad SMARTS) is 2. The maximum Gasteiger partial charge on any atom is 0.234 e.